The third-order valence-corrected chi connectivity index (χ3v) is 4.52. The van der Waals surface area contributed by atoms with Gasteiger partial charge in [0.1, 0.15) is 11.6 Å². The van der Waals surface area contributed by atoms with E-state index in [4.69, 9.17) is 14.2 Å². The Morgan fingerprint density at radius 1 is 1.45 bits per heavy atom. The zero-order valence-corrected chi connectivity index (χ0v) is 13.0. The van der Waals surface area contributed by atoms with Crippen LogP contribution < -0.4 is 0 Å². The Labute approximate surface area is 129 Å². The molecule has 2 aromatic rings. The maximum Gasteiger partial charge on any atom is 0.153 e. The van der Waals surface area contributed by atoms with E-state index in [0.717, 1.165) is 42.6 Å². The van der Waals surface area contributed by atoms with Gasteiger partial charge in [-0.25, -0.2) is 4.98 Å². The van der Waals surface area contributed by atoms with Crippen molar-refractivity contribution in [2.45, 2.75) is 50.8 Å². The Morgan fingerprint density at radius 2 is 2.32 bits per heavy atom. The maximum atomic E-state index is 5.56. The zero-order chi connectivity index (χ0) is 15.1. The lowest BCUT2D eigenvalue weighted by atomic mass is 10.2. The number of hydrogen-bond acceptors (Lipinski definition) is 6. The van der Waals surface area contributed by atoms with Crippen LogP contribution in [-0.4, -0.2) is 45.0 Å². The first-order valence-corrected chi connectivity index (χ1v) is 7.84. The maximum absolute atomic E-state index is 5.56. The molecule has 0 bridgehead atoms. The smallest absolute Gasteiger partial charge is 0.153 e. The summed E-state index contributed by atoms with van der Waals surface area (Å²) in [5.74, 6) is 3.32. The van der Waals surface area contributed by atoms with Gasteiger partial charge in [0.15, 0.2) is 5.82 Å². The number of aryl methyl sites for hydroxylation is 1. The first kappa shape index (κ1) is 13.9. The molecule has 2 fully saturated rings. The Balaban J connectivity index is 1.53. The molecule has 1 N–H and O–H groups in total. The number of aromatic nitrogens is 4. The van der Waals surface area contributed by atoms with Gasteiger partial charge in [0, 0.05) is 32.2 Å². The predicted octanol–water partition coefficient (Wildman–Crippen LogP) is 1.94. The van der Waals surface area contributed by atoms with Gasteiger partial charge in [-0.3, -0.25) is 10.00 Å². The molecular weight excluding hydrogens is 282 g/mol. The number of hydrogen-bond donors (Lipinski definition) is 1. The van der Waals surface area contributed by atoms with Crippen LogP contribution in [0.5, 0.6) is 0 Å². The molecule has 2 atom stereocenters. The van der Waals surface area contributed by atoms with Gasteiger partial charge >= 0.3 is 0 Å². The molecule has 1 saturated heterocycles. The highest BCUT2D eigenvalue weighted by Crippen LogP contribution is 2.39. The molecular formula is C15H21N5O2. The number of H-pyrrole nitrogens is 1. The molecule has 7 nitrogen and oxygen atoms in total. The van der Waals surface area contributed by atoms with Crippen molar-refractivity contribution >= 4 is 0 Å². The zero-order valence-electron chi connectivity index (χ0n) is 13.0. The fraction of sp³-hybridized carbons (Fsp3) is 0.667. The van der Waals surface area contributed by atoms with Gasteiger partial charge in [-0.1, -0.05) is 5.16 Å². The highest BCUT2D eigenvalue weighted by Gasteiger charge is 2.37. The predicted molar refractivity (Wildman–Crippen MR) is 78.2 cm³/mol. The summed E-state index contributed by atoms with van der Waals surface area (Å²) in [6.07, 6.45) is 3.56. The molecule has 1 aliphatic carbocycles. The largest absolute Gasteiger partial charge is 0.380 e. The molecule has 22 heavy (non-hydrogen) atoms. The highest BCUT2D eigenvalue weighted by atomic mass is 16.5. The van der Waals surface area contributed by atoms with E-state index < -0.39 is 0 Å². The molecule has 7 heteroatoms. The van der Waals surface area contributed by atoms with Gasteiger partial charge in [0.05, 0.1) is 17.8 Å². The molecule has 1 saturated carbocycles. The first-order chi connectivity index (χ1) is 10.7. The lowest BCUT2D eigenvalue weighted by molar-refractivity contribution is 0.107. The van der Waals surface area contributed by atoms with E-state index in [2.05, 4.69) is 20.3 Å². The molecule has 0 amide bonds. The number of nitrogens with one attached hydrogen (secondary N) is 1. The molecule has 4 rings (SSSR count). The van der Waals surface area contributed by atoms with E-state index in [1.807, 2.05) is 13.0 Å². The van der Waals surface area contributed by atoms with Crippen LogP contribution in [0.3, 0.4) is 0 Å². The molecule has 118 valence electrons. The van der Waals surface area contributed by atoms with Crippen molar-refractivity contribution in [3.8, 4) is 0 Å². The Bertz CT molecular complexity index is 648. The third-order valence-electron chi connectivity index (χ3n) is 4.52. The van der Waals surface area contributed by atoms with Crippen LogP contribution in [0, 0.1) is 6.92 Å². The van der Waals surface area contributed by atoms with Crippen molar-refractivity contribution in [3.05, 3.63) is 29.2 Å². The summed E-state index contributed by atoms with van der Waals surface area (Å²) in [5.41, 5.74) is 0.946. The van der Waals surface area contributed by atoms with Crippen molar-refractivity contribution in [3.63, 3.8) is 0 Å². The van der Waals surface area contributed by atoms with E-state index in [1.54, 1.807) is 7.11 Å². The fourth-order valence-corrected chi connectivity index (χ4v) is 3.15. The number of nitrogens with zero attached hydrogens (tertiary/aromatic N) is 4. The van der Waals surface area contributed by atoms with Gasteiger partial charge < -0.3 is 9.26 Å². The quantitative estimate of drug-likeness (QED) is 0.909. The number of likely N-dealkylation sites (tertiary alicyclic amines) is 1. The SMILES string of the molecule is CO[C@@H]1C[C@@H](c2nc(C3CC3)n[nH]2)N(Cc2cc(C)on2)C1. The number of methoxy groups -OCH3 is 1. The number of aromatic amines is 1. The second kappa shape index (κ2) is 5.48. The van der Waals surface area contributed by atoms with Crippen LogP contribution in [0.2, 0.25) is 0 Å². The van der Waals surface area contributed by atoms with Crippen LogP contribution in [-0.2, 0) is 11.3 Å². The molecule has 0 radical (unpaired) electrons. The van der Waals surface area contributed by atoms with Gasteiger partial charge in [0.2, 0.25) is 0 Å². The first-order valence-electron chi connectivity index (χ1n) is 7.84. The summed E-state index contributed by atoms with van der Waals surface area (Å²) < 4.78 is 10.7. The summed E-state index contributed by atoms with van der Waals surface area (Å²) in [5, 5.41) is 11.6. The minimum absolute atomic E-state index is 0.196. The van der Waals surface area contributed by atoms with E-state index in [1.165, 1.54) is 12.8 Å². The van der Waals surface area contributed by atoms with Crippen molar-refractivity contribution in [2.24, 2.45) is 0 Å². The molecule has 0 unspecified atom stereocenters. The van der Waals surface area contributed by atoms with Gasteiger partial charge in [-0.05, 0) is 26.2 Å². The summed E-state index contributed by atoms with van der Waals surface area (Å²) in [4.78, 5) is 7.05. The van der Waals surface area contributed by atoms with Crippen LogP contribution in [0.4, 0.5) is 0 Å². The average molecular weight is 303 g/mol. The van der Waals surface area contributed by atoms with Gasteiger partial charge in [0.25, 0.3) is 0 Å². The lowest BCUT2D eigenvalue weighted by Crippen LogP contribution is -2.25. The Morgan fingerprint density at radius 3 is 3.00 bits per heavy atom. The lowest BCUT2D eigenvalue weighted by Gasteiger charge is -2.20. The van der Waals surface area contributed by atoms with E-state index in [9.17, 15) is 0 Å². The normalized spacial score (nSPS) is 25.9. The fourth-order valence-electron chi connectivity index (χ4n) is 3.15. The molecule has 0 aromatic carbocycles. The highest BCUT2D eigenvalue weighted by molar-refractivity contribution is 5.10. The third kappa shape index (κ3) is 2.66. The van der Waals surface area contributed by atoms with Crippen LogP contribution in [0.25, 0.3) is 0 Å². The Kier molecular flexibility index (Phi) is 3.46. The monoisotopic (exact) mass is 303 g/mol. The molecule has 1 aliphatic heterocycles. The van der Waals surface area contributed by atoms with Crippen LogP contribution >= 0.6 is 0 Å². The van der Waals surface area contributed by atoms with Crippen molar-refractivity contribution in [1.82, 2.24) is 25.2 Å². The minimum atomic E-state index is 0.196. The second-order valence-corrected chi connectivity index (χ2v) is 6.32. The summed E-state index contributed by atoms with van der Waals surface area (Å²) >= 11 is 0. The van der Waals surface area contributed by atoms with E-state index >= 15 is 0 Å². The summed E-state index contributed by atoms with van der Waals surface area (Å²) in [6.45, 7) is 3.52. The minimum Gasteiger partial charge on any atom is -0.380 e. The molecule has 2 aromatic heterocycles. The topological polar surface area (TPSA) is 80.1 Å². The van der Waals surface area contributed by atoms with Crippen LogP contribution in [0.1, 0.15) is 54.3 Å². The molecule has 3 heterocycles. The average Bonchev–Trinajstić information content (AvgIpc) is 2.94. The van der Waals surface area contributed by atoms with Gasteiger partial charge in [-0.15, -0.1) is 0 Å². The van der Waals surface area contributed by atoms with Gasteiger partial charge in [-0.2, -0.15) is 5.10 Å². The number of ether oxygens (including phenoxy) is 1. The standard InChI is InChI=1S/C15H21N5O2/c1-9-5-11(19-22-9)7-20-8-12(21-2)6-13(20)15-16-14(17-18-15)10-3-4-10/h5,10,12-13H,3-4,6-8H2,1-2H3,(H,16,17,18)/t12-,13+/m1/s1. The van der Waals surface area contributed by atoms with E-state index in [-0.39, 0.29) is 12.1 Å². The summed E-state index contributed by atoms with van der Waals surface area (Å²) in [7, 11) is 1.77. The Hall–Kier alpha value is -1.73. The second-order valence-electron chi connectivity index (χ2n) is 6.32. The summed E-state index contributed by atoms with van der Waals surface area (Å²) in [6, 6.07) is 2.18. The van der Waals surface area contributed by atoms with Crippen LogP contribution in [0.15, 0.2) is 10.6 Å². The molecule has 0 spiro atoms. The van der Waals surface area contributed by atoms with E-state index in [0.29, 0.717) is 5.92 Å². The van der Waals surface area contributed by atoms with Crippen molar-refractivity contribution in [1.29, 1.82) is 0 Å². The molecule has 2 aliphatic rings. The van der Waals surface area contributed by atoms with Crippen molar-refractivity contribution in [2.75, 3.05) is 13.7 Å². The number of rotatable bonds is 5. The van der Waals surface area contributed by atoms with Crippen molar-refractivity contribution < 1.29 is 9.26 Å².